The highest BCUT2D eigenvalue weighted by atomic mass is 19.4. The fraction of sp³-hybridized carbons (Fsp3) is 0.438. The molecule has 1 aliphatic heterocycles. The molecule has 0 bridgehead atoms. The van der Waals surface area contributed by atoms with E-state index in [0.717, 1.165) is 5.56 Å². The molecular weight excluding hydrogens is 341 g/mol. The molecule has 1 aromatic rings. The molecule has 1 aromatic carbocycles. The summed E-state index contributed by atoms with van der Waals surface area (Å²) < 4.78 is 37.0. The van der Waals surface area contributed by atoms with Gasteiger partial charge in [0.25, 0.3) is 0 Å². The van der Waals surface area contributed by atoms with Gasteiger partial charge in [0, 0.05) is 18.0 Å². The Hall–Kier alpha value is -2.58. The number of alkyl halides is 3. The second-order valence-electron chi connectivity index (χ2n) is 5.86. The molecule has 2 rings (SSSR count). The lowest BCUT2D eigenvalue weighted by atomic mass is 9.89. The van der Waals surface area contributed by atoms with Crippen LogP contribution in [0.1, 0.15) is 24.8 Å². The Bertz CT molecular complexity index is 676. The van der Waals surface area contributed by atoms with E-state index in [0.29, 0.717) is 12.1 Å². The fourth-order valence-electron chi connectivity index (χ4n) is 2.65. The molecule has 2 unspecified atom stereocenters. The van der Waals surface area contributed by atoms with Crippen molar-refractivity contribution in [1.82, 2.24) is 5.32 Å². The van der Waals surface area contributed by atoms with Crippen molar-refractivity contribution in [3.8, 4) is 0 Å². The highest BCUT2D eigenvalue weighted by molar-refractivity contribution is 5.96. The second kappa shape index (κ2) is 7.54. The molecule has 1 aliphatic rings. The highest BCUT2D eigenvalue weighted by Gasteiger charge is 2.36. The summed E-state index contributed by atoms with van der Waals surface area (Å²) in [5, 5.41) is 13.3. The van der Waals surface area contributed by atoms with Crippen molar-refractivity contribution in [3.63, 3.8) is 0 Å². The van der Waals surface area contributed by atoms with Crippen LogP contribution in [0.2, 0.25) is 0 Å². The molecule has 0 radical (unpaired) electrons. The number of rotatable bonds is 6. The molecule has 6 nitrogen and oxygen atoms in total. The number of nitrogens with one attached hydrogen (secondary N) is 2. The van der Waals surface area contributed by atoms with Gasteiger partial charge in [0.05, 0.1) is 6.42 Å². The zero-order valence-corrected chi connectivity index (χ0v) is 13.1. The number of para-hydroxylation sites is 1. The normalized spacial score (nSPS) is 18.0. The van der Waals surface area contributed by atoms with E-state index in [1.807, 2.05) is 17.4 Å². The minimum atomic E-state index is -4.71. The van der Waals surface area contributed by atoms with Gasteiger partial charge in [-0.25, -0.2) is 4.79 Å². The number of aliphatic carboxylic acids is 1. The number of carboxylic acids is 1. The molecule has 2 amide bonds. The Morgan fingerprint density at radius 3 is 2.64 bits per heavy atom. The van der Waals surface area contributed by atoms with Gasteiger partial charge < -0.3 is 15.7 Å². The van der Waals surface area contributed by atoms with Crippen LogP contribution in [0.25, 0.3) is 0 Å². The summed E-state index contributed by atoms with van der Waals surface area (Å²) in [7, 11) is 0. The minimum absolute atomic E-state index is 0.115. The Morgan fingerprint density at radius 2 is 2.00 bits per heavy atom. The van der Waals surface area contributed by atoms with Gasteiger partial charge in [0.1, 0.15) is 6.04 Å². The third kappa shape index (κ3) is 5.47. The predicted molar refractivity (Wildman–Crippen MR) is 81.7 cm³/mol. The van der Waals surface area contributed by atoms with E-state index >= 15 is 0 Å². The van der Waals surface area contributed by atoms with Gasteiger partial charge in [-0.3, -0.25) is 9.59 Å². The van der Waals surface area contributed by atoms with Crippen LogP contribution in [0.3, 0.4) is 0 Å². The van der Waals surface area contributed by atoms with Crippen molar-refractivity contribution < 1.29 is 32.7 Å². The molecule has 25 heavy (non-hydrogen) atoms. The quantitative estimate of drug-likeness (QED) is 0.726. The number of carboxylic acid groups (broad SMARTS) is 1. The molecule has 0 saturated carbocycles. The molecular formula is C16H17F3N2O4. The molecule has 0 saturated heterocycles. The summed E-state index contributed by atoms with van der Waals surface area (Å²) in [6.07, 6.45) is -6.05. The molecule has 3 N–H and O–H groups in total. The van der Waals surface area contributed by atoms with Crippen LogP contribution in [0.4, 0.5) is 18.9 Å². The van der Waals surface area contributed by atoms with E-state index in [-0.39, 0.29) is 18.7 Å². The topological polar surface area (TPSA) is 95.5 Å². The monoisotopic (exact) mass is 358 g/mol. The number of halogens is 3. The van der Waals surface area contributed by atoms with Crippen molar-refractivity contribution >= 4 is 23.5 Å². The van der Waals surface area contributed by atoms with Crippen LogP contribution in [-0.2, 0) is 20.8 Å². The predicted octanol–water partition coefficient (Wildman–Crippen LogP) is 2.10. The third-order valence-corrected chi connectivity index (χ3v) is 3.90. The zero-order chi connectivity index (χ0) is 18.6. The van der Waals surface area contributed by atoms with Crippen molar-refractivity contribution in [1.29, 1.82) is 0 Å². The molecule has 0 aliphatic carbocycles. The average Bonchev–Trinajstić information content (AvgIpc) is 2.50. The SMILES string of the molecule is O=C(CCC1Cc2ccccc2NC1=O)NC(CC(F)(F)F)C(=O)O. The van der Waals surface area contributed by atoms with Gasteiger partial charge in [-0.1, -0.05) is 18.2 Å². The van der Waals surface area contributed by atoms with E-state index in [9.17, 15) is 27.6 Å². The van der Waals surface area contributed by atoms with Crippen molar-refractivity contribution in [3.05, 3.63) is 29.8 Å². The van der Waals surface area contributed by atoms with Crippen molar-refractivity contribution in [2.24, 2.45) is 5.92 Å². The number of amides is 2. The molecule has 0 aromatic heterocycles. The van der Waals surface area contributed by atoms with Crippen LogP contribution in [0, 0.1) is 5.92 Å². The maximum Gasteiger partial charge on any atom is 0.391 e. The van der Waals surface area contributed by atoms with Crippen LogP contribution in [0.15, 0.2) is 24.3 Å². The first-order chi connectivity index (χ1) is 11.7. The lowest BCUT2D eigenvalue weighted by molar-refractivity contribution is -0.160. The smallest absolute Gasteiger partial charge is 0.391 e. The van der Waals surface area contributed by atoms with Gasteiger partial charge >= 0.3 is 12.1 Å². The number of hydrogen-bond donors (Lipinski definition) is 3. The van der Waals surface area contributed by atoms with Crippen LogP contribution >= 0.6 is 0 Å². The van der Waals surface area contributed by atoms with Crippen molar-refractivity contribution in [2.75, 3.05) is 5.32 Å². The van der Waals surface area contributed by atoms with E-state index in [2.05, 4.69) is 5.32 Å². The summed E-state index contributed by atoms with van der Waals surface area (Å²) in [4.78, 5) is 34.6. The number of hydrogen-bond acceptors (Lipinski definition) is 3. The summed E-state index contributed by atoms with van der Waals surface area (Å²) in [5.41, 5.74) is 1.61. The largest absolute Gasteiger partial charge is 0.480 e. The second-order valence-corrected chi connectivity index (χ2v) is 5.86. The molecule has 1 heterocycles. The fourth-order valence-corrected chi connectivity index (χ4v) is 2.65. The lowest BCUT2D eigenvalue weighted by Gasteiger charge is -2.24. The van der Waals surface area contributed by atoms with Crippen LogP contribution in [-0.4, -0.2) is 35.1 Å². The maximum absolute atomic E-state index is 12.3. The number of anilines is 1. The van der Waals surface area contributed by atoms with Crippen molar-refractivity contribution in [2.45, 2.75) is 37.9 Å². The van der Waals surface area contributed by atoms with Crippen LogP contribution in [0.5, 0.6) is 0 Å². The third-order valence-electron chi connectivity index (χ3n) is 3.90. The maximum atomic E-state index is 12.3. The van der Waals surface area contributed by atoms with Gasteiger partial charge in [-0.05, 0) is 24.5 Å². The van der Waals surface area contributed by atoms with Gasteiger partial charge in [0.15, 0.2) is 0 Å². The lowest BCUT2D eigenvalue weighted by Crippen LogP contribution is -2.43. The van der Waals surface area contributed by atoms with E-state index < -0.39 is 36.4 Å². The first-order valence-electron chi connectivity index (χ1n) is 7.63. The van der Waals surface area contributed by atoms with E-state index in [4.69, 9.17) is 5.11 Å². The number of fused-ring (bicyclic) bond motifs is 1. The van der Waals surface area contributed by atoms with E-state index in [1.165, 1.54) is 0 Å². The Kier molecular flexibility index (Phi) is 5.66. The standard InChI is InChI=1S/C16H17F3N2O4/c17-16(18,19)8-12(15(24)25)20-13(22)6-5-10-7-9-3-1-2-4-11(9)21-14(10)23/h1-4,10,12H,5-8H2,(H,20,22)(H,21,23)(H,24,25). The minimum Gasteiger partial charge on any atom is -0.480 e. The Balaban J connectivity index is 1.89. The highest BCUT2D eigenvalue weighted by Crippen LogP contribution is 2.27. The molecule has 9 heteroatoms. The Labute approximate surface area is 141 Å². The van der Waals surface area contributed by atoms with Gasteiger partial charge in [0.2, 0.25) is 11.8 Å². The average molecular weight is 358 g/mol. The molecule has 0 fully saturated rings. The summed E-state index contributed by atoms with van der Waals surface area (Å²) in [5.74, 6) is -3.35. The summed E-state index contributed by atoms with van der Waals surface area (Å²) in [6, 6.07) is 5.15. The zero-order valence-electron chi connectivity index (χ0n) is 13.1. The van der Waals surface area contributed by atoms with Gasteiger partial charge in [-0.15, -0.1) is 0 Å². The number of benzene rings is 1. The molecule has 0 spiro atoms. The van der Waals surface area contributed by atoms with Crippen LogP contribution < -0.4 is 10.6 Å². The first kappa shape index (κ1) is 18.8. The summed E-state index contributed by atoms with van der Waals surface area (Å²) in [6.45, 7) is 0. The first-order valence-corrected chi connectivity index (χ1v) is 7.63. The summed E-state index contributed by atoms with van der Waals surface area (Å²) >= 11 is 0. The van der Waals surface area contributed by atoms with E-state index in [1.54, 1.807) is 12.1 Å². The number of carbonyl (C=O) groups is 3. The molecule has 2 atom stereocenters. The van der Waals surface area contributed by atoms with Gasteiger partial charge in [-0.2, -0.15) is 13.2 Å². The Morgan fingerprint density at radius 1 is 1.32 bits per heavy atom. The number of carbonyl (C=O) groups excluding carboxylic acids is 2. The molecule has 136 valence electrons.